The topological polar surface area (TPSA) is 75.3 Å². The summed E-state index contributed by atoms with van der Waals surface area (Å²) in [7, 11) is 0. The van der Waals surface area contributed by atoms with Crippen molar-refractivity contribution in [3.63, 3.8) is 0 Å². The molecule has 0 aromatic rings. The van der Waals surface area contributed by atoms with Gasteiger partial charge in [0.15, 0.2) is 0 Å². The quantitative estimate of drug-likeness (QED) is 0.599. The van der Waals surface area contributed by atoms with E-state index in [-0.39, 0.29) is 0 Å². The molecular weight excluding hydrogens is 184 g/mol. The Morgan fingerprint density at radius 2 is 1.50 bits per heavy atom. The third-order valence-electron chi connectivity index (χ3n) is 1.08. The first-order valence-corrected chi connectivity index (χ1v) is 3.67. The molecule has 0 heterocycles. The van der Waals surface area contributed by atoms with E-state index in [1.54, 1.807) is 0 Å². The maximum atomic E-state index is 10.8. The van der Waals surface area contributed by atoms with E-state index in [0.29, 0.717) is 0 Å². The van der Waals surface area contributed by atoms with Crippen molar-refractivity contribution in [1.82, 2.24) is 10.6 Å². The molecule has 2 N–H and O–H groups in total. The molecule has 0 saturated carbocycles. The van der Waals surface area contributed by atoms with E-state index in [0.717, 1.165) is 24.4 Å². The van der Waals surface area contributed by atoms with Crippen LogP contribution < -0.4 is 10.6 Å². The summed E-state index contributed by atoms with van der Waals surface area (Å²) in [5.74, 6) is -1.68. The standard InChI is InChI=1S/C9H10N2O3/c1-3-7(12)10-6-5-9(14)11-8(13)4-2/h3-6H,1-2H2,(H,10,12)(H,11,13,14). The number of hydrogen-bond acceptors (Lipinski definition) is 3. The van der Waals surface area contributed by atoms with Crippen LogP contribution in [-0.2, 0) is 14.4 Å². The molecule has 0 radical (unpaired) electrons. The van der Waals surface area contributed by atoms with Crippen LogP contribution in [0.15, 0.2) is 37.6 Å². The lowest BCUT2D eigenvalue weighted by Crippen LogP contribution is -2.27. The fourth-order valence-corrected chi connectivity index (χ4v) is 0.473. The second-order valence-electron chi connectivity index (χ2n) is 2.10. The van der Waals surface area contributed by atoms with Gasteiger partial charge in [0.1, 0.15) is 0 Å². The molecule has 74 valence electrons. The maximum Gasteiger partial charge on any atom is 0.252 e. The molecule has 3 amide bonds. The van der Waals surface area contributed by atoms with Gasteiger partial charge in [0.25, 0.3) is 5.91 Å². The Balaban J connectivity index is 3.94. The van der Waals surface area contributed by atoms with Gasteiger partial charge in [-0.2, -0.15) is 0 Å². The van der Waals surface area contributed by atoms with Gasteiger partial charge in [-0.25, -0.2) is 0 Å². The average Bonchev–Trinajstić information content (AvgIpc) is 2.17. The number of rotatable bonds is 4. The van der Waals surface area contributed by atoms with E-state index in [1.165, 1.54) is 0 Å². The molecule has 14 heavy (non-hydrogen) atoms. The first kappa shape index (κ1) is 11.8. The summed E-state index contributed by atoms with van der Waals surface area (Å²) in [6, 6.07) is 0. The Labute approximate surface area is 81.2 Å². The Kier molecular flexibility index (Phi) is 5.37. The molecule has 0 rings (SSSR count). The van der Waals surface area contributed by atoms with Crippen LogP contribution in [0.1, 0.15) is 0 Å². The highest BCUT2D eigenvalue weighted by atomic mass is 16.2. The smallest absolute Gasteiger partial charge is 0.252 e. The van der Waals surface area contributed by atoms with Crippen molar-refractivity contribution in [2.75, 3.05) is 0 Å². The zero-order chi connectivity index (χ0) is 11.0. The number of imide groups is 1. The van der Waals surface area contributed by atoms with E-state index in [9.17, 15) is 14.4 Å². The monoisotopic (exact) mass is 194 g/mol. The number of nitrogens with one attached hydrogen (secondary N) is 2. The van der Waals surface area contributed by atoms with Crippen LogP contribution in [0.25, 0.3) is 0 Å². The van der Waals surface area contributed by atoms with Crippen molar-refractivity contribution in [2.24, 2.45) is 0 Å². The van der Waals surface area contributed by atoms with Crippen LogP contribution in [0.2, 0.25) is 0 Å². The molecule has 5 nitrogen and oxygen atoms in total. The molecule has 0 atom stereocenters. The van der Waals surface area contributed by atoms with Crippen molar-refractivity contribution in [2.45, 2.75) is 0 Å². The van der Waals surface area contributed by atoms with Crippen LogP contribution in [0.4, 0.5) is 0 Å². The normalized spacial score (nSPS) is 9.14. The van der Waals surface area contributed by atoms with Gasteiger partial charge in [0.05, 0.1) is 0 Å². The van der Waals surface area contributed by atoms with Gasteiger partial charge in [-0.1, -0.05) is 13.2 Å². The first-order valence-electron chi connectivity index (χ1n) is 3.67. The van der Waals surface area contributed by atoms with E-state index in [1.807, 2.05) is 5.32 Å². The molecule has 0 aromatic heterocycles. The minimum absolute atomic E-state index is 0.441. The van der Waals surface area contributed by atoms with E-state index >= 15 is 0 Å². The zero-order valence-corrected chi connectivity index (χ0v) is 7.45. The molecule has 0 unspecified atom stereocenters. The molecule has 0 aliphatic carbocycles. The lowest BCUT2D eigenvalue weighted by Gasteiger charge is -1.94. The zero-order valence-electron chi connectivity index (χ0n) is 7.45. The molecule has 0 saturated heterocycles. The molecule has 0 fully saturated rings. The lowest BCUT2D eigenvalue weighted by molar-refractivity contribution is -0.125. The molecule has 0 aliphatic rings. The Hall–Kier alpha value is -2.17. The number of carbonyl (C=O) groups excluding carboxylic acids is 3. The molecule has 5 heteroatoms. The predicted molar refractivity (Wildman–Crippen MR) is 50.8 cm³/mol. The summed E-state index contributed by atoms with van der Waals surface area (Å²) in [6.45, 7) is 6.37. The van der Waals surface area contributed by atoms with Crippen molar-refractivity contribution < 1.29 is 14.4 Å². The summed E-state index contributed by atoms with van der Waals surface area (Å²) >= 11 is 0. The van der Waals surface area contributed by atoms with Crippen LogP contribution in [0.5, 0.6) is 0 Å². The average molecular weight is 194 g/mol. The molecule has 0 bridgehead atoms. The molecule has 0 spiro atoms. The summed E-state index contributed by atoms with van der Waals surface area (Å²) < 4.78 is 0. The first-order chi connectivity index (χ1) is 6.60. The van der Waals surface area contributed by atoms with Crippen LogP contribution in [0, 0.1) is 0 Å². The maximum absolute atomic E-state index is 10.8. The lowest BCUT2D eigenvalue weighted by atomic mass is 10.5. The van der Waals surface area contributed by atoms with Gasteiger partial charge >= 0.3 is 0 Å². The Bertz CT molecular complexity index is 305. The largest absolute Gasteiger partial charge is 0.329 e. The highest BCUT2D eigenvalue weighted by Crippen LogP contribution is 1.74. The van der Waals surface area contributed by atoms with Crippen molar-refractivity contribution in [3.05, 3.63) is 37.6 Å². The van der Waals surface area contributed by atoms with Crippen LogP contribution >= 0.6 is 0 Å². The second kappa shape index (κ2) is 6.36. The third kappa shape index (κ3) is 5.48. The second-order valence-corrected chi connectivity index (χ2v) is 2.10. The predicted octanol–water partition coefficient (Wildman–Crippen LogP) is -0.369. The minimum Gasteiger partial charge on any atom is -0.329 e. The van der Waals surface area contributed by atoms with Gasteiger partial charge in [-0.3, -0.25) is 19.7 Å². The fourth-order valence-electron chi connectivity index (χ4n) is 0.473. The van der Waals surface area contributed by atoms with Gasteiger partial charge in [0, 0.05) is 12.3 Å². The summed E-state index contributed by atoms with van der Waals surface area (Å²) in [4.78, 5) is 32.0. The highest BCUT2D eigenvalue weighted by Gasteiger charge is 1.98. The summed E-state index contributed by atoms with van der Waals surface area (Å²) in [5.41, 5.74) is 0. The summed E-state index contributed by atoms with van der Waals surface area (Å²) in [6.07, 6.45) is 4.13. The van der Waals surface area contributed by atoms with E-state index < -0.39 is 17.7 Å². The van der Waals surface area contributed by atoms with Gasteiger partial charge in [0.2, 0.25) is 11.8 Å². The number of carbonyl (C=O) groups is 3. The number of hydrogen-bond donors (Lipinski definition) is 2. The van der Waals surface area contributed by atoms with E-state index in [2.05, 4.69) is 18.5 Å². The fraction of sp³-hybridized carbons (Fsp3) is 0. The van der Waals surface area contributed by atoms with Gasteiger partial charge in [-0.05, 0) is 12.2 Å². The Morgan fingerprint density at radius 3 is 2.00 bits per heavy atom. The minimum atomic E-state index is -0.640. The highest BCUT2D eigenvalue weighted by molar-refractivity contribution is 6.04. The SMILES string of the molecule is C=CC(=O)NC=CC(=O)NC(=O)C=C. The molecule has 0 aromatic carbocycles. The van der Waals surface area contributed by atoms with Crippen molar-refractivity contribution in [1.29, 1.82) is 0 Å². The third-order valence-corrected chi connectivity index (χ3v) is 1.08. The van der Waals surface area contributed by atoms with Crippen LogP contribution in [-0.4, -0.2) is 17.7 Å². The molecule has 0 aliphatic heterocycles. The number of amides is 3. The van der Waals surface area contributed by atoms with Crippen molar-refractivity contribution >= 4 is 17.7 Å². The van der Waals surface area contributed by atoms with E-state index in [4.69, 9.17) is 0 Å². The van der Waals surface area contributed by atoms with Crippen molar-refractivity contribution in [3.8, 4) is 0 Å². The van der Waals surface area contributed by atoms with Gasteiger partial charge < -0.3 is 5.32 Å². The Morgan fingerprint density at radius 1 is 0.929 bits per heavy atom. The molecular formula is C9H10N2O3. The van der Waals surface area contributed by atoms with Crippen LogP contribution in [0.3, 0.4) is 0 Å². The van der Waals surface area contributed by atoms with Gasteiger partial charge in [-0.15, -0.1) is 0 Å². The summed E-state index contributed by atoms with van der Waals surface area (Å²) in [5, 5.41) is 4.18.